The summed E-state index contributed by atoms with van der Waals surface area (Å²) in [5.41, 5.74) is 0.831. The van der Waals surface area contributed by atoms with Crippen molar-refractivity contribution in [2.75, 3.05) is 6.54 Å². The van der Waals surface area contributed by atoms with Crippen LogP contribution in [0.3, 0.4) is 0 Å². The number of nitrogens with zero attached hydrogens (tertiary/aromatic N) is 1. The van der Waals surface area contributed by atoms with Crippen LogP contribution in [0.2, 0.25) is 0 Å². The fraction of sp³-hybridized carbons (Fsp3) is 0.538. The molecule has 0 spiro atoms. The van der Waals surface area contributed by atoms with E-state index < -0.39 is 26.7 Å². The van der Waals surface area contributed by atoms with Crippen LogP contribution in [0.25, 0.3) is 0 Å². The van der Waals surface area contributed by atoms with Gasteiger partial charge in [-0.25, -0.2) is 13.1 Å². The number of aliphatic hydroxyl groups excluding tert-OH is 1. The van der Waals surface area contributed by atoms with Crippen molar-refractivity contribution < 1.29 is 18.4 Å². The highest BCUT2D eigenvalue weighted by molar-refractivity contribution is 7.89. The zero-order valence-corrected chi connectivity index (χ0v) is 13.1. The van der Waals surface area contributed by atoms with Crippen molar-refractivity contribution in [3.8, 4) is 0 Å². The van der Waals surface area contributed by atoms with Crippen molar-refractivity contribution in [2.45, 2.75) is 44.6 Å². The van der Waals surface area contributed by atoms with Gasteiger partial charge in [0.1, 0.15) is 0 Å². The molecule has 21 heavy (non-hydrogen) atoms. The Morgan fingerprint density at radius 1 is 1.33 bits per heavy atom. The van der Waals surface area contributed by atoms with Crippen LogP contribution in [0.4, 0.5) is 5.69 Å². The van der Waals surface area contributed by atoms with E-state index in [9.17, 15) is 23.6 Å². The van der Waals surface area contributed by atoms with E-state index in [0.29, 0.717) is 24.0 Å². The first kappa shape index (κ1) is 17.5. The summed E-state index contributed by atoms with van der Waals surface area (Å²) in [6, 6.07) is 2.52. The zero-order valence-electron chi connectivity index (χ0n) is 12.3. The number of aryl methyl sites for hydroxylation is 2. The van der Waals surface area contributed by atoms with Crippen LogP contribution in [0.15, 0.2) is 17.0 Å². The van der Waals surface area contributed by atoms with Gasteiger partial charge in [-0.3, -0.25) is 10.1 Å². The van der Waals surface area contributed by atoms with Gasteiger partial charge in [-0.1, -0.05) is 13.3 Å². The van der Waals surface area contributed by atoms with E-state index in [0.717, 1.165) is 0 Å². The smallest absolute Gasteiger partial charge is 0.289 e. The number of nitro benzene ring substituents is 1. The SMILES string of the molecule is CCCC(O)CNS(=O)(=O)c1cc(C)c(C)cc1[N+](=O)[O-]. The lowest BCUT2D eigenvalue weighted by Gasteiger charge is -2.12. The quantitative estimate of drug-likeness (QED) is 0.587. The second-order valence-corrected chi connectivity index (χ2v) is 6.69. The first-order chi connectivity index (χ1) is 9.69. The molecule has 0 amide bonds. The summed E-state index contributed by atoms with van der Waals surface area (Å²) in [7, 11) is -4.04. The van der Waals surface area contributed by atoms with E-state index in [2.05, 4.69) is 4.72 Å². The standard InChI is InChI=1S/C13H20N2O5S/c1-4-5-11(16)8-14-21(19,20)13-7-10(3)9(2)6-12(13)15(17)18/h6-7,11,14,16H,4-5,8H2,1-3H3. The molecule has 0 saturated carbocycles. The lowest BCUT2D eigenvalue weighted by atomic mass is 10.1. The van der Waals surface area contributed by atoms with Gasteiger partial charge in [0.05, 0.1) is 11.0 Å². The van der Waals surface area contributed by atoms with E-state index >= 15 is 0 Å². The lowest BCUT2D eigenvalue weighted by Crippen LogP contribution is -2.32. The highest BCUT2D eigenvalue weighted by Gasteiger charge is 2.27. The van der Waals surface area contributed by atoms with Crippen molar-refractivity contribution in [1.82, 2.24) is 4.72 Å². The van der Waals surface area contributed by atoms with Gasteiger partial charge in [0, 0.05) is 12.6 Å². The van der Waals surface area contributed by atoms with Crippen LogP contribution in [-0.4, -0.2) is 31.1 Å². The summed E-state index contributed by atoms with van der Waals surface area (Å²) in [4.78, 5) is 9.94. The summed E-state index contributed by atoms with van der Waals surface area (Å²) in [6.45, 7) is 5.06. The van der Waals surface area contributed by atoms with Crippen molar-refractivity contribution in [3.05, 3.63) is 33.4 Å². The van der Waals surface area contributed by atoms with Crippen LogP contribution in [-0.2, 0) is 10.0 Å². The Labute approximate surface area is 124 Å². The Morgan fingerprint density at radius 2 is 1.90 bits per heavy atom. The van der Waals surface area contributed by atoms with Crippen LogP contribution in [0.5, 0.6) is 0 Å². The largest absolute Gasteiger partial charge is 0.392 e. The van der Waals surface area contributed by atoms with Crippen LogP contribution < -0.4 is 4.72 Å². The average Bonchev–Trinajstić information content (AvgIpc) is 2.39. The van der Waals surface area contributed by atoms with Gasteiger partial charge >= 0.3 is 0 Å². The minimum absolute atomic E-state index is 0.166. The molecule has 1 unspecified atom stereocenters. The van der Waals surface area contributed by atoms with Crippen molar-refractivity contribution in [3.63, 3.8) is 0 Å². The molecule has 1 aromatic rings. The monoisotopic (exact) mass is 316 g/mol. The topological polar surface area (TPSA) is 110 Å². The van der Waals surface area contributed by atoms with E-state index in [-0.39, 0.29) is 11.4 Å². The minimum atomic E-state index is -4.04. The number of aliphatic hydroxyl groups is 1. The molecule has 1 atom stereocenters. The molecule has 0 aliphatic rings. The third-order valence-electron chi connectivity index (χ3n) is 3.19. The van der Waals surface area contributed by atoms with Gasteiger partial charge in [0.2, 0.25) is 10.0 Å². The molecule has 1 aromatic carbocycles. The Kier molecular flexibility index (Phi) is 5.82. The van der Waals surface area contributed by atoms with E-state index in [1.807, 2.05) is 6.92 Å². The van der Waals surface area contributed by atoms with Gasteiger partial charge in [-0.2, -0.15) is 0 Å². The molecule has 0 radical (unpaired) electrons. The summed E-state index contributed by atoms with van der Waals surface area (Å²) in [5.74, 6) is 0. The maximum absolute atomic E-state index is 12.2. The summed E-state index contributed by atoms with van der Waals surface area (Å²) < 4.78 is 26.6. The van der Waals surface area contributed by atoms with Crippen molar-refractivity contribution in [1.29, 1.82) is 0 Å². The highest BCUT2D eigenvalue weighted by atomic mass is 32.2. The molecular weight excluding hydrogens is 296 g/mol. The number of hydrogen-bond donors (Lipinski definition) is 2. The Bertz CT molecular complexity index is 628. The fourth-order valence-corrected chi connectivity index (χ4v) is 3.16. The third-order valence-corrected chi connectivity index (χ3v) is 4.65. The number of benzene rings is 1. The summed E-state index contributed by atoms with van der Waals surface area (Å²) in [6.07, 6.45) is 0.361. The first-order valence-corrected chi connectivity index (χ1v) is 8.10. The lowest BCUT2D eigenvalue weighted by molar-refractivity contribution is -0.387. The van der Waals surface area contributed by atoms with E-state index in [1.54, 1.807) is 13.8 Å². The Morgan fingerprint density at radius 3 is 2.43 bits per heavy atom. The Balaban J connectivity index is 3.13. The highest BCUT2D eigenvalue weighted by Crippen LogP contribution is 2.27. The first-order valence-electron chi connectivity index (χ1n) is 6.62. The molecule has 8 heteroatoms. The Hall–Kier alpha value is -1.51. The van der Waals surface area contributed by atoms with Gasteiger partial charge < -0.3 is 5.11 Å². The third kappa shape index (κ3) is 4.48. The average molecular weight is 316 g/mol. The zero-order chi connectivity index (χ0) is 16.2. The number of sulfonamides is 1. The molecule has 0 bridgehead atoms. The molecule has 0 saturated heterocycles. The molecule has 0 aliphatic carbocycles. The number of nitrogens with one attached hydrogen (secondary N) is 1. The molecular formula is C13H20N2O5S. The van der Waals surface area contributed by atoms with Gasteiger partial charge in [0.15, 0.2) is 4.90 Å². The maximum Gasteiger partial charge on any atom is 0.289 e. The van der Waals surface area contributed by atoms with Crippen molar-refractivity contribution >= 4 is 15.7 Å². The molecule has 0 fully saturated rings. The fourth-order valence-electron chi connectivity index (χ4n) is 1.85. The molecule has 0 heterocycles. The predicted molar refractivity (Wildman–Crippen MR) is 78.7 cm³/mol. The van der Waals surface area contributed by atoms with E-state index in [4.69, 9.17) is 0 Å². The molecule has 118 valence electrons. The predicted octanol–water partition coefficient (Wildman–Crippen LogP) is 1.65. The molecule has 1 rings (SSSR count). The molecule has 0 aromatic heterocycles. The van der Waals surface area contributed by atoms with Crippen LogP contribution in [0, 0.1) is 24.0 Å². The number of nitro groups is 1. The van der Waals surface area contributed by atoms with Crippen LogP contribution in [0.1, 0.15) is 30.9 Å². The van der Waals surface area contributed by atoms with Gasteiger partial charge in [-0.05, 0) is 37.5 Å². The van der Waals surface area contributed by atoms with Gasteiger partial charge in [-0.15, -0.1) is 0 Å². The molecule has 7 nitrogen and oxygen atoms in total. The second-order valence-electron chi connectivity index (χ2n) is 4.96. The van der Waals surface area contributed by atoms with E-state index in [1.165, 1.54) is 12.1 Å². The van der Waals surface area contributed by atoms with Gasteiger partial charge in [0.25, 0.3) is 5.69 Å². The molecule has 0 aliphatic heterocycles. The normalized spacial score (nSPS) is 13.1. The number of hydrogen-bond acceptors (Lipinski definition) is 5. The van der Waals surface area contributed by atoms with Crippen LogP contribution >= 0.6 is 0 Å². The summed E-state index contributed by atoms with van der Waals surface area (Å²) >= 11 is 0. The maximum atomic E-state index is 12.2. The molecule has 2 N–H and O–H groups in total. The minimum Gasteiger partial charge on any atom is -0.392 e. The van der Waals surface area contributed by atoms with Crippen molar-refractivity contribution in [2.24, 2.45) is 0 Å². The summed E-state index contributed by atoms with van der Waals surface area (Å²) in [5, 5.41) is 20.6. The second kappa shape index (κ2) is 6.97. The number of rotatable bonds is 7.